The Morgan fingerprint density at radius 2 is 1.68 bits per heavy atom. The molecule has 0 aliphatic heterocycles. The molecule has 1 aromatic rings. The number of rotatable bonds is 4. The average Bonchev–Trinajstić information content (AvgIpc) is 2.46. The molecule has 4 bridgehead atoms. The first-order valence-corrected chi connectivity index (χ1v) is 8.83. The van der Waals surface area contributed by atoms with Crippen molar-refractivity contribution in [3.8, 4) is 0 Å². The first kappa shape index (κ1) is 14.2. The van der Waals surface area contributed by atoms with Crippen molar-refractivity contribution in [3.05, 3.63) is 30.1 Å². The molecule has 1 N–H and O–H groups in total. The number of nitrogens with one attached hydrogen (secondary N) is 1. The molecule has 1 aromatic heterocycles. The molecule has 1 heterocycles. The molecule has 0 radical (unpaired) electrons. The fraction of sp³-hybridized carbons (Fsp3) is 0.684. The SMILES string of the molecule is Cc1cc[n+](CC(=O)NCC23CC4CC(CC(C4)C2)C3)cc1. The van der Waals surface area contributed by atoms with Crippen LogP contribution < -0.4 is 9.88 Å². The predicted molar refractivity (Wildman–Crippen MR) is 85.0 cm³/mol. The minimum atomic E-state index is 0.157. The summed E-state index contributed by atoms with van der Waals surface area (Å²) in [4.78, 5) is 12.3. The summed E-state index contributed by atoms with van der Waals surface area (Å²) in [7, 11) is 0. The first-order chi connectivity index (χ1) is 10.6. The zero-order chi connectivity index (χ0) is 15.2. The molecule has 3 nitrogen and oxygen atoms in total. The molecule has 3 heteroatoms. The van der Waals surface area contributed by atoms with Gasteiger partial charge in [0.1, 0.15) is 0 Å². The molecule has 4 saturated carbocycles. The summed E-state index contributed by atoms with van der Waals surface area (Å²) in [5, 5.41) is 3.24. The van der Waals surface area contributed by atoms with Gasteiger partial charge in [-0.3, -0.25) is 4.79 Å². The monoisotopic (exact) mass is 299 g/mol. The van der Waals surface area contributed by atoms with Crippen molar-refractivity contribution in [1.82, 2.24) is 5.32 Å². The van der Waals surface area contributed by atoms with Gasteiger partial charge in [0, 0.05) is 18.7 Å². The zero-order valence-corrected chi connectivity index (χ0v) is 13.6. The highest BCUT2D eigenvalue weighted by atomic mass is 16.1. The van der Waals surface area contributed by atoms with Gasteiger partial charge in [-0.25, -0.2) is 0 Å². The predicted octanol–water partition coefficient (Wildman–Crippen LogP) is 2.62. The maximum absolute atomic E-state index is 12.3. The van der Waals surface area contributed by atoms with E-state index in [1.807, 2.05) is 29.1 Å². The molecule has 0 saturated heterocycles. The number of carbonyl (C=O) groups is 1. The van der Waals surface area contributed by atoms with E-state index in [0.717, 1.165) is 24.3 Å². The van der Waals surface area contributed by atoms with Crippen LogP contribution in [0.1, 0.15) is 44.1 Å². The van der Waals surface area contributed by atoms with Crippen LogP contribution in [0.2, 0.25) is 0 Å². The maximum Gasteiger partial charge on any atom is 0.286 e. The third-order valence-corrected chi connectivity index (χ3v) is 6.21. The van der Waals surface area contributed by atoms with Crippen molar-refractivity contribution >= 4 is 5.91 Å². The minimum Gasteiger partial charge on any atom is -0.350 e. The lowest BCUT2D eigenvalue weighted by atomic mass is 9.49. The lowest BCUT2D eigenvalue weighted by Crippen LogP contribution is -2.52. The van der Waals surface area contributed by atoms with Crippen LogP contribution in [0.3, 0.4) is 0 Å². The van der Waals surface area contributed by atoms with E-state index in [0.29, 0.717) is 12.0 Å². The highest BCUT2D eigenvalue weighted by Crippen LogP contribution is 2.59. The van der Waals surface area contributed by atoms with E-state index in [-0.39, 0.29) is 5.91 Å². The fourth-order valence-corrected chi connectivity index (χ4v) is 5.65. The molecule has 0 unspecified atom stereocenters. The highest BCUT2D eigenvalue weighted by molar-refractivity contribution is 5.74. The molecule has 0 atom stereocenters. The molecule has 4 aliphatic rings. The molecule has 118 valence electrons. The lowest BCUT2D eigenvalue weighted by Gasteiger charge is -2.56. The number of hydrogen-bond acceptors (Lipinski definition) is 1. The van der Waals surface area contributed by atoms with Crippen LogP contribution in [0.15, 0.2) is 24.5 Å². The number of pyridine rings is 1. The summed E-state index contributed by atoms with van der Waals surface area (Å²) >= 11 is 0. The Hall–Kier alpha value is -1.38. The van der Waals surface area contributed by atoms with E-state index in [4.69, 9.17) is 0 Å². The van der Waals surface area contributed by atoms with Crippen LogP contribution >= 0.6 is 0 Å². The summed E-state index contributed by atoms with van der Waals surface area (Å²) in [5.41, 5.74) is 1.66. The quantitative estimate of drug-likeness (QED) is 0.852. The Bertz CT molecular complexity index is 528. The molecule has 0 aromatic carbocycles. The third kappa shape index (κ3) is 2.78. The van der Waals surface area contributed by atoms with Gasteiger partial charge in [-0.2, -0.15) is 4.57 Å². The van der Waals surface area contributed by atoms with E-state index in [9.17, 15) is 4.79 Å². The lowest BCUT2D eigenvalue weighted by molar-refractivity contribution is -0.684. The van der Waals surface area contributed by atoms with E-state index in [1.54, 1.807) is 0 Å². The Balaban J connectivity index is 1.34. The molecule has 1 amide bonds. The molecular formula is C19H27N2O+. The van der Waals surface area contributed by atoms with Gasteiger partial charge in [0.15, 0.2) is 12.4 Å². The van der Waals surface area contributed by atoms with Gasteiger partial charge in [0.05, 0.1) is 0 Å². The summed E-state index contributed by atoms with van der Waals surface area (Å²) in [6, 6.07) is 4.10. The normalized spacial score (nSPS) is 35.6. The maximum atomic E-state index is 12.3. The Morgan fingerprint density at radius 3 is 2.23 bits per heavy atom. The topological polar surface area (TPSA) is 33.0 Å². The van der Waals surface area contributed by atoms with Crippen LogP contribution in [0, 0.1) is 30.1 Å². The number of hydrogen-bond donors (Lipinski definition) is 1. The van der Waals surface area contributed by atoms with E-state index >= 15 is 0 Å². The van der Waals surface area contributed by atoms with Crippen molar-refractivity contribution in [2.45, 2.75) is 52.0 Å². The van der Waals surface area contributed by atoms with Crippen LogP contribution in [0.4, 0.5) is 0 Å². The van der Waals surface area contributed by atoms with E-state index in [2.05, 4.69) is 12.2 Å². The van der Waals surface area contributed by atoms with Crippen molar-refractivity contribution in [2.75, 3.05) is 6.54 Å². The highest BCUT2D eigenvalue weighted by Gasteiger charge is 2.50. The summed E-state index contributed by atoms with van der Waals surface area (Å²) in [6.07, 6.45) is 12.4. The van der Waals surface area contributed by atoms with Gasteiger partial charge in [-0.05, 0) is 74.2 Å². The molecule has 4 fully saturated rings. The van der Waals surface area contributed by atoms with Crippen molar-refractivity contribution in [2.24, 2.45) is 23.2 Å². The van der Waals surface area contributed by atoms with Crippen LogP contribution in [0.5, 0.6) is 0 Å². The van der Waals surface area contributed by atoms with Crippen molar-refractivity contribution < 1.29 is 9.36 Å². The van der Waals surface area contributed by atoms with E-state index in [1.165, 1.54) is 44.1 Å². The largest absolute Gasteiger partial charge is 0.350 e. The molecule has 5 rings (SSSR count). The number of nitrogens with zero attached hydrogens (tertiary/aromatic N) is 1. The Kier molecular flexibility index (Phi) is 3.47. The molecule has 22 heavy (non-hydrogen) atoms. The Morgan fingerprint density at radius 1 is 1.14 bits per heavy atom. The number of aromatic nitrogens is 1. The molecule has 4 aliphatic carbocycles. The second-order valence-electron chi connectivity index (χ2n) is 8.24. The van der Waals surface area contributed by atoms with Crippen molar-refractivity contribution in [3.63, 3.8) is 0 Å². The summed E-state index contributed by atoms with van der Waals surface area (Å²) < 4.78 is 1.96. The Labute approximate surface area is 133 Å². The van der Waals surface area contributed by atoms with Gasteiger partial charge in [-0.1, -0.05) is 0 Å². The zero-order valence-electron chi connectivity index (χ0n) is 13.6. The summed E-state index contributed by atoms with van der Waals surface area (Å²) in [6.45, 7) is 3.41. The van der Waals surface area contributed by atoms with Gasteiger partial charge in [0.2, 0.25) is 6.54 Å². The van der Waals surface area contributed by atoms with Gasteiger partial charge in [0.25, 0.3) is 5.91 Å². The van der Waals surface area contributed by atoms with Gasteiger partial charge >= 0.3 is 0 Å². The van der Waals surface area contributed by atoms with E-state index < -0.39 is 0 Å². The minimum absolute atomic E-state index is 0.157. The van der Waals surface area contributed by atoms with Gasteiger partial charge < -0.3 is 5.32 Å². The first-order valence-electron chi connectivity index (χ1n) is 8.83. The number of aryl methyl sites for hydroxylation is 1. The number of amides is 1. The molecular weight excluding hydrogens is 272 g/mol. The van der Waals surface area contributed by atoms with Crippen LogP contribution in [0.25, 0.3) is 0 Å². The van der Waals surface area contributed by atoms with Crippen LogP contribution in [-0.2, 0) is 11.3 Å². The third-order valence-electron chi connectivity index (χ3n) is 6.21. The fourth-order valence-electron chi connectivity index (χ4n) is 5.65. The standard InChI is InChI=1S/C19H26N2O/c1-14-2-4-21(5-3-14)12-18(22)20-13-19-9-15-6-16(10-19)8-17(7-15)11-19/h2-5,15-17H,6-13H2,1H3/p+1. The smallest absolute Gasteiger partial charge is 0.286 e. The number of carbonyl (C=O) groups excluding carboxylic acids is 1. The second kappa shape index (κ2) is 5.36. The van der Waals surface area contributed by atoms with Gasteiger partial charge in [-0.15, -0.1) is 0 Å². The van der Waals surface area contributed by atoms with Crippen molar-refractivity contribution in [1.29, 1.82) is 0 Å². The van der Waals surface area contributed by atoms with Crippen LogP contribution in [-0.4, -0.2) is 12.5 Å². The second-order valence-corrected chi connectivity index (χ2v) is 8.24. The molecule has 0 spiro atoms. The summed E-state index contributed by atoms with van der Waals surface area (Å²) in [5.74, 6) is 3.02. The average molecular weight is 299 g/mol.